The van der Waals surface area contributed by atoms with E-state index in [1.807, 2.05) is 0 Å². The van der Waals surface area contributed by atoms with E-state index in [9.17, 15) is 4.79 Å². The zero-order valence-corrected chi connectivity index (χ0v) is 9.68. The van der Waals surface area contributed by atoms with Crippen molar-refractivity contribution in [2.24, 2.45) is 5.92 Å². The fraction of sp³-hybridized carbons (Fsp3) is 0.909. The number of alkyl halides is 1. The highest BCUT2D eigenvalue weighted by Gasteiger charge is 2.39. The van der Waals surface area contributed by atoms with Crippen LogP contribution in [0.5, 0.6) is 0 Å². The van der Waals surface area contributed by atoms with Gasteiger partial charge in [0.25, 0.3) is 0 Å². The molecule has 15 heavy (non-hydrogen) atoms. The SMILES string of the molecule is O=C(NC1(CCl)CCC1)C1CCCOC1. The van der Waals surface area contributed by atoms with Gasteiger partial charge in [-0.2, -0.15) is 0 Å². The van der Waals surface area contributed by atoms with Gasteiger partial charge in [-0.25, -0.2) is 0 Å². The van der Waals surface area contributed by atoms with Crippen molar-refractivity contribution >= 4 is 17.5 Å². The van der Waals surface area contributed by atoms with Crippen molar-refractivity contribution in [3.05, 3.63) is 0 Å². The third kappa shape index (κ3) is 2.45. The van der Waals surface area contributed by atoms with Gasteiger partial charge in [0.05, 0.1) is 18.1 Å². The van der Waals surface area contributed by atoms with E-state index < -0.39 is 0 Å². The van der Waals surface area contributed by atoms with E-state index in [0.717, 1.165) is 32.3 Å². The highest BCUT2D eigenvalue weighted by molar-refractivity contribution is 6.18. The maximum Gasteiger partial charge on any atom is 0.225 e. The minimum absolute atomic E-state index is 0.0411. The normalized spacial score (nSPS) is 29.3. The zero-order valence-electron chi connectivity index (χ0n) is 8.93. The van der Waals surface area contributed by atoms with Crippen molar-refractivity contribution in [3.8, 4) is 0 Å². The number of nitrogens with one attached hydrogen (secondary N) is 1. The predicted octanol–water partition coefficient (Wildman–Crippen LogP) is 1.69. The number of hydrogen-bond acceptors (Lipinski definition) is 2. The Labute approximate surface area is 95.5 Å². The number of carbonyl (C=O) groups excluding carboxylic acids is 1. The van der Waals surface area contributed by atoms with Gasteiger partial charge in [-0.15, -0.1) is 11.6 Å². The lowest BCUT2D eigenvalue weighted by Crippen LogP contribution is -2.57. The summed E-state index contributed by atoms with van der Waals surface area (Å²) in [5.74, 6) is 0.710. The van der Waals surface area contributed by atoms with Gasteiger partial charge in [0, 0.05) is 12.5 Å². The highest BCUT2D eigenvalue weighted by atomic mass is 35.5. The molecule has 1 saturated heterocycles. The van der Waals surface area contributed by atoms with Crippen molar-refractivity contribution in [3.63, 3.8) is 0 Å². The Morgan fingerprint density at radius 3 is 2.73 bits per heavy atom. The fourth-order valence-corrected chi connectivity index (χ4v) is 2.54. The van der Waals surface area contributed by atoms with Crippen LogP contribution in [0.2, 0.25) is 0 Å². The van der Waals surface area contributed by atoms with E-state index >= 15 is 0 Å². The summed E-state index contributed by atoms with van der Waals surface area (Å²) in [6.07, 6.45) is 5.16. The van der Waals surface area contributed by atoms with Crippen LogP contribution in [0.3, 0.4) is 0 Å². The lowest BCUT2D eigenvalue weighted by molar-refractivity contribution is -0.131. The van der Waals surface area contributed by atoms with Crippen LogP contribution in [0.25, 0.3) is 0 Å². The summed E-state index contributed by atoms with van der Waals surface area (Å²) in [6.45, 7) is 1.37. The molecule has 0 bridgehead atoms. The van der Waals surface area contributed by atoms with Crippen LogP contribution in [0, 0.1) is 5.92 Å². The average Bonchev–Trinajstić information content (AvgIpc) is 2.24. The molecule has 0 spiro atoms. The first kappa shape index (κ1) is 11.2. The molecular formula is C11H18ClNO2. The second-order valence-corrected chi connectivity index (χ2v) is 4.94. The van der Waals surface area contributed by atoms with Gasteiger partial charge < -0.3 is 10.1 Å². The van der Waals surface area contributed by atoms with E-state index in [2.05, 4.69) is 5.32 Å². The lowest BCUT2D eigenvalue weighted by Gasteiger charge is -2.42. The molecular weight excluding hydrogens is 214 g/mol. The van der Waals surface area contributed by atoms with Gasteiger partial charge in [0.1, 0.15) is 0 Å². The lowest BCUT2D eigenvalue weighted by atomic mass is 9.78. The summed E-state index contributed by atoms with van der Waals surface area (Å²) in [4.78, 5) is 11.9. The van der Waals surface area contributed by atoms with Crippen LogP contribution in [0.1, 0.15) is 32.1 Å². The molecule has 3 nitrogen and oxygen atoms in total. The summed E-state index contributed by atoms with van der Waals surface area (Å²) < 4.78 is 5.31. The van der Waals surface area contributed by atoms with E-state index in [1.165, 1.54) is 6.42 Å². The minimum atomic E-state index is -0.101. The molecule has 1 aliphatic carbocycles. The van der Waals surface area contributed by atoms with Crippen LogP contribution in [0.4, 0.5) is 0 Å². The van der Waals surface area contributed by atoms with Crippen molar-refractivity contribution < 1.29 is 9.53 Å². The third-order valence-corrected chi connectivity index (χ3v) is 4.00. The second kappa shape index (κ2) is 4.71. The zero-order chi connectivity index (χ0) is 10.7. The molecule has 0 aromatic rings. The smallest absolute Gasteiger partial charge is 0.225 e. The number of ether oxygens (including phenoxy) is 1. The van der Waals surface area contributed by atoms with E-state index in [1.54, 1.807) is 0 Å². The van der Waals surface area contributed by atoms with E-state index in [-0.39, 0.29) is 17.4 Å². The van der Waals surface area contributed by atoms with Gasteiger partial charge in [0.2, 0.25) is 5.91 Å². The van der Waals surface area contributed by atoms with E-state index in [4.69, 9.17) is 16.3 Å². The Morgan fingerprint density at radius 1 is 1.47 bits per heavy atom. The van der Waals surface area contributed by atoms with Crippen LogP contribution >= 0.6 is 11.6 Å². The van der Waals surface area contributed by atoms with Crippen molar-refractivity contribution in [1.82, 2.24) is 5.32 Å². The average molecular weight is 232 g/mol. The molecule has 1 aliphatic heterocycles. The topological polar surface area (TPSA) is 38.3 Å². The Morgan fingerprint density at radius 2 is 2.27 bits per heavy atom. The first-order chi connectivity index (χ1) is 7.26. The second-order valence-electron chi connectivity index (χ2n) is 4.67. The van der Waals surface area contributed by atoms with Gasteiger partial charge in [-0.1, -0.05) is 0 Å². The Balaban J connectivity index is 1.85. The molecule has 86 valence electrons. The standard InChI is InChI=1S/C11H18ClNO2/c12-8-11(4-2-5-11)13-10(14)9-3-1-6-15-7-9/h9H,1-8H2,(H,13,14). The van der Waals surface area contributed by atoms with E-state index in [0.29, 0.717) is 12.5 Å². The molecule has 1 saturated carbocycles. The number of carbonyl (C=O) groups is 1. The van der Waals surface area contributed by atoms with Crippen LogP contribution in [-0.4, -0.2) is 30.5 Å². The summed E-state index contributed by atoms with van der Waals surface area (Å²) in [7, 11) is 0. The monoisotopic (exact) mass is 231 g/mol. The first-order valence-electron chi connectivity index (χ1n) is 5.71. The van der Waals surface area contributed by atoms with Gasteiger partial charge in [-0.3, -0.25) is 4.79 Å². The molecule has 2 aliphatic rings. The summed E-state index contributed by atoms with van der Waals surface area (Å²) >= 11 is 5.90. The third-order valence-electron chi connectivity index (χ3n) is 3.49. The maximum atomic E-state index is 11.9. The molecule has 1 amide bonds. The summed E-state index contributed by atoms with van der Waals surface area (Å²) in [5, 5.41) is 3.10. The Bertz CT molecular complexity index is 229. The molecule has 1 N–H and O–H groups in total. The van der Waals surface area contributed by atoms with Crippen LogP contribution < -0.4 is 5.32 Å². The molecule has 2 rings (SSSR count). The Kier molecular flexibility index (Phi) is 3.52. The predicted molar refractivity (Wildman–Crippen MR) is 59.0 cm³/mol. The Hall–Kier alpha value is -0.280. The van der Waals surface area contributed by atoms with Crippen LogP contribution in [-0.2, 0) is 9.53 Å². The number of hydrogen-bond donors (Lipinski definition) is 1. The maximum absolute atomic E-state index is 11.9. The summed E-state index contributed by atoms with van der Waals surface area (Å²) in [6, 6.07) is 0. The molecule has 0 radical (unpaired) electrons. The minimum Gasteiger partial charge on any atom is -0.381 e. The fourth-order valence-electron chi connectivity index (χ4n) is 2.21. The van der Waals surface area contributed by atoms with Crippen LogP contribution in [0.15, 0.2) is 0 Å². The first-order valence-corrected chi connectivity index (χ1v) is 6.25. The largest absolute Gasteiger partial charge is 0.381 e. The van der Waals surface area contributed by atoms with Crippen molar-refractivity contribution in [1.29, 1.82) is 0 Å². The quantitative estimate of drug-likeness (QED) is 0.751. The highest BCUT2D eigenvalue weighted by Crippen LogP contribution is 2.33. The number of halogens is 1. The summed E-state index contributed by atoms with van der Waals surface area (Å²) in [5.41, 5.74) is -0.101. The van der Waals surface area contributed by atoms with Crippen molar-refractivity contribution in [2.75, 3.05) is 19.1 Å². The number of amides is 1. The molecule has 4 heteroatoms. The molecule has 0 aromatic carbocycles. The molecule has 1 unspecified atom stereocenters. The molecule has 0 aromatic heterocycles. The van der Waals surface area contributed by atoms with Crippen molar-refractivity contribution in [2.45, 2.75) is 37.6 Å². The number of rotatable bonds is 3. The molecule has 2 fully saturated rings. The van der Waals surface area contributed by atoms with Gasteiger partial charge >= 0.3 is 0 Å². The van der Waals surface area contributed by atoms with Gasteiger partial charge in [-0.05, 0) is 32.1 Å². The molecule has 1 heterocycles. The molecule has 1 atom stereocenters. The van der Waals surface area contributed by atoms with Gasteiger partial charge in [0.15, 0.2) is 0 Å².